The Kier molecular flexibility index (Phi) is 7.93. The highest BCUT2D eigenvalue weighted by molar-refractivity contribution is 7.89. The van der Waals surface area contributed by atoms with E-state index in [1.807, 2.05) is 0 Å². The average molecular weight is 572 g/mol. The minimum atomic E-state index is -5.50. The van der Waals surface area contributed by atoms with Crippen molar-refractivity contribution in [1.29, 1.82) is 0 Å². The smallest absolute Gasteiger partial charge is 0.417 e. The Balaban J connectivity index is 2.11. The highest BCUT2D eigenvalue weighted by Gasteiger charge is 2.66. The molecule has 2 heterocycles. The number of hydrogen-bond acceptors (Lipinski definition) is 5. The van der Waals surface area contributed by atoms with Crippen molar-refractivity contribution < 1.29 is 48.7 Å². The van der Waals surface area contributed by atoms with Crippen LogP contribution >= 0.6 is 0 Å². The standard InChI is InChI=1S/C23H24F7N3O4S/c1-14(2)32-9-7-19(31-32)15-11-20(34)33(38(3,35)36)21(13-15,23(28,29)30)17-6-5-16(12-18(17)24)37-10-4-8-22(25,26)27/h5-7,9,11-12,14H,4,8,10,13H2,1-3H3. The molecule has 0 saturated heterocycles. The van der Waals surface area contributed by atoms with Gasteiger partial charge in [0, 0.05) is 42.8 Å². The number of amides is 1. The van der Waals surface area contributed by atoms with Crippen LogP contribution in [0.5, 0.6) is 5.75 Å². The quantitative estimate of drug-likeness (QED) is 0.315. The largest absolute Gasteiger partial charge is 0.493 e. The number of aromatic nitrogens is 2. The molecule has 0 spiro atoms. The van der Waals surface area contributed by atoms with Gasteiger partial charge < -0.3 is 4.74 Å². The fourth-order valence-corrected chi connectivity index (χ4v) is 5.37. The minimum Gasteiger partial charge on any atom is -0.493 e. The molecule has 0 bridgehead atoms. The molecule has 0 fully saturated rings. The molecule has 1 aromatic carbocycles. The summed E-state index contributed by atoms with van der Waals surface area (Å²) >= 11 is 0. The van der Waals surface area contributed by atoms with Gasteiger partial charge in [0.25, 0.3) is 5.91 Å². The highest BCUT2D eigenvalue weighted by atomic mass is 32.2. The SMILES string of the molecule is CC(C)n1ccc(C2=CC(=O)N(S(C)(=O)=O)C(c3ccc(OCCCC(F)(F)F)cc3F)(C(F)(F)F)C2)n1. The number of nitrogens with zero attached hydrogens (tertiary/aromatic N) is 3. The zero-order valence-electron chi connectivity index (χ0n) is 20.4. The molecule has 1 unspecified atom stereocenters. The molecule has 0 radical (unpaired) electrons. The molecule has 0 saturated carbocycles. The van der Waals surface area contributed by atoms with Crippen LogP contribution in [0.2, 0.25) is 0 Å². The summed E-state index contributed by atoms with van der Waals surface area (Å²) in [5.41, 5.74) is -5.15. The van der Waals surface area contributed by atoms with E-state index in [-0.39, 0.29) is 23.1 Å². The summed E-state index contributed by atoms with van der Waals surface area (Å²) in [5.74, 6) is -3.48. The maximum Gasteiger partial charge on any atom is 0.417 e. The first kappa shape index (κ1) is 29.5. The third-order valence-corrected chi connectivity index (χ3v) is 6.97. The molecule has 1 amide bonds. The number of hydrogen-bond donors (Lipinski definition) is 0. The molecular weight excluding hydrogens is 547 g/mol. The number of alkyl halides is 6. The fourth-order valence-electron chi connectivity index (χ4n) is 4.16. The average Bonchev–Trinajstić information content (AvgIpc) is 3.24. The van der Waals surface area contributed by atoms with Crippen LogP contribution in [0.25, 0.3) is 5.57 Å². The van der Waals surface area contributed by atoms with Gasteiger partial charge in [0.2, 0.25) is 10.0 Å². The number of carbonyl (C=O) groups is 1. The van der Waals surface area contributed by atoms with E-state index >= 15 is 4.39 Å². The van der Waals surface area contributed by atoms with E-state index in [2.05, 4.69) is 5.10 Å². The topological polar surface area (TPSA) is 81.5 Å². The van der Waals surface area contributed by atoms with Crippen molar-refractivity contribution in [3.8, 4) is 5.75 Å². The third kappa shape index (κ3) is 5.97. The maximum absolute atomic E-state index is 15.3. The molecule has 1 aliphatic rings. The molecule has 0 aliphatic carbocycles. The number of sulfonamides is 1. The Morgan fingerprint density at radius 3 is 2.29 bits per heavy atom. The van der Waals surface area contributed by atoms with E-state index in [0.717, 1.165) is 6.07 Å². The molecule has 2 aromatic rings. The van der Waals surface area contributed by atoms with Crippen LogP contribution < -0.4 is 4.74 Å². The summed E-state index contributed by atoms with van der Waals surface area (Å²) in [6, 6.07) is 3.17. The van der Waals surface area contributed by atoms with Crippen molar-refractivity contribution in [3.05, 3.63) is 53.6 Å². The lowest BCUT2D eigenvalue weighted by Crippen LogP contribution is -2.61. The molecule has 0 N–H and O–H groups in total. The van der Waals surface area contributed by atoms with Crippen molar-refractivity contribution in [1.82, 2.24) is 14.1 Å². The van der Waals surface area contributed by atoms with Crippen molar-refractivity contribution >= 4 is 21.5 Å². The molecule has 38 heavy (non-hydrogen) atoms. The van der Waals surface area contributed by atoms with Gasteiger partial charge in [-0.15, -0.1) is 0 Å². The van der Waals surface area contributed by atoms with Crippen LogP contribution in [0.4, 0.5) is 30.7 Å². The summed E-state index contributed by atoms with van der Waals surface area (Å²) in [4.78, 5) is 12.9. The van der Waals surface area contributed by atoms with E-state index in [4.69, 9.17) is 4.74 Å². The maximum atomic E-state index is 15.3. The van der Waals surface area contributed by atoms with E-state index in [9.17, 15) is 39.6 Å². The Labute approximate surface area is 213 Å². The Bertz CT molecular complexity index is 1330. The van der Waals surface area contributed by atoms with E-state index in [0.29, 0.717) is 24.5 Å². The molecule has 3 rings (SSSR count). The second-order valence-corrected chi connectivity index (χ2v) is 10.9. The summed E-state index contributed by atoms with van der Waals surface area (Å²) in [6.07, 6.45) is -10.2. The van der Waals surface area contributed by atoms with Crippen molar-refractivity contribution in [2.75, 3.05) is 12.9 Å². The minimum absolute atomic E-state index is 0.0288. The van der Waals surface area contributed by atoms with Crippen LogP contribution in [0.3, 0.4) is 0 Å². The second-order valence-electron chi connectivity index (χ2n) is 9.05. The predicted molar refractivity (Wildman–Crippen MR) is 122 cm³/mol. The van der Waals surface area contributed by atoms with Gasteiger partial charge in [-0.25, -0.2) is 17.1 Å². The Morgan fingerprint density at radius 2 is 1.79 bits per heavy atom. The van der Waals surface area contributed by atoms with E-state index in [1.165, 1.54) is 16.9 Å². The van der Waals surface area contributed by atoms with Crippen LogP contribution in [-0.2, 0) is 20.4 Å². The van der Waals surface area contributed by atoms with Crippen LogP contribution in [0, 0.1) is 5.82 Å². The van der Waals surface area contributed by atoms with Crippen LogP contribution in [0.1, 0.15) is 50.4 Å². The molecule has 1 atom stereocenters. The van der Waals surface area contributed by atoms with Gasteiger partial charge in [0.15, 0.2) is 5.54 Å². The van der Waals surface area contributed by atoms with Gasteiger partial charge in [-0.3, -0.25) is 9.48 Å². The summed E-state index contributed by atoms with van der Waals surface area (Å²) < 4.78 is 128. The number of carbonyl (C=O) groups excluding carboxylic acids is 1. The fraction of sp³-hybridized carbons (Fsp3) is 0.478. The normalized spacial score (nSPS) is 19.2. The zero-order valence-corrected chi connectivity index (χ0v) is 21.2. The Morgan fingerprint density at radius 1 is 1.13 bits per heavy atom. The molecular formula is C23H24F7N3O4S. The molecule has 7 nitrogen and oxygen atoms in total. The predicted octanol–water partition coefficient (Wildman–Crippen LogP) is 5.36. The van der Waals surface area contributed by atoms with Gasteiger partial charge in [-0.1, -0.05) is 0 Å². The third-order valence-electron chi connectivity index (χ3n) is 5.82. The van der Waals surface area contributed by atoms with E-state index < -0.39 is 75.4 Å². The lowest BCUT2D eigenvalue weighted by Gasteiger charge is -2.45. The van der Waals surface area contributed by atoms with Gasteiger partial charge in [-0.2, -0.15) is 31.4 Å². The van der Waals surface area contributed by atoms with Crippen molar-refractivity contribution in [3.63, 3.8) is 0 Å². The van der Waals surface area contributed by atoms with Crippen LogP contribution in [-0.4, -0.2) is 53.6 Å². The molecule has 1 aromatic heterocycles. The first-order valence-corrected chi connectivity index (χ1v) is 13.1. The van der Waals surface area contributed by atoms with Crippen molar-refractivity contribution in [2.24, 2.45) is 0 Å². The monoisotopic (exact) mass is 571 g/mol. The first-order chi connectivity index (χ1) is 17.4. The highest BCUT2D eigenvalue weighted by Crippen LogP contribution is 2.53. The number of benzene rings is 1. The number of rotatable bonds is 8. The van der Waals surface area contributed by atoms with Gasteiger partial charge in [-0.05, 0) is 44.0 Å². The lowest BCUT2D eigenvalue weighted by molar-refractivity contribution is -0.222. The Hall–Kier alpha value is -3.10. The van der Waals surface area contributed by atoms with Gasteiger partial charge in [0.1, 0.15) is 11.6 Å². The summed E-state index contributed by atoms with van der Waals surface area (Å²) in [5, 5.41) is 4.16. The van der Waals surface area contributed by atoms with Crippen LogP contribution in [0.15, 0.2) is 36.5 Å². The zero-order chi connectivity index (χ0) is 28.7. The molecule has 15 heteroatoms. The summed E-state index contributed by atoms with van der Waals surface area (Å²) in [7, 11) is -4.90. The molecule has 1 aliphatic heterocycles. The second kappa shape index (κ2) is 10.2. The molecule has 210 valence electrons. The van der Waals surface area contributed by atoms with E-state index in [1.54, 1.807) is 13.8 Å². The number of ether oxygens (including phenoxy) is 1. The van der Waals surface area contributed by atoms with Crippen molar-refractivity contribution in [2.45, 2.75) is 57.0 Å². The first-order valence-electron chi connectivity index (χ1n) is 11.2. The lowest BCUT2D eigenvalue weighted by atomic mass is 9.79. The van der Waals surface area contributed by atoms with Gasteiger partial charge >= 0.3 is 12.4 Å². The van der Waals surface area contributed by atoms with Gasteiger partial charge in [0.05, 0.1) is 18.6 Å². The number of halogens is 7. The summed E-state index contributed by atoms with van der Waals surface area (Å²) in [6.45, 7) is 3.01.